The molecule has 0 aliphatic rings. The van der Waals surface area contributed by atoms with Gasteiger partial charge >= 0.3 is 0 Å². The van der Waals surface area contributed by atoms with Gasteiger partial charge in [0.05, 0.1) is 6.20 Å². The minimum absolute atomic E-state index is 0.523. The van der Waals surface area contributed by atoms with E-state index in [2.05, 4.69) is 16.6 Å². The van der Waals surface area contributed by atoms with Crippen LogP contribution in [0.15, 0.2) is 0 Å². The SMILES string of the molecule is Nc1nc#cs1. The van der Waals surface area contributed by atoms with E-state index in [1.807, 2.05) is 0 Å². The zero-order chi connectivity index (χ0) is 4.41. The van der Waals surface area contributed by atoms with Gasteiger partial charge in [-0.1, -0.05) is 0 Å². The summed E-state index contributed by atoms with van der Waals surface area (Å²) in [6, 6.07) is 0. The lowest BCUT2D eigenvalue weighted by molar-refractivity contribution is 1.43. The molecule has 0 saturated heterocycles. The second-order valence-corrected chi connectivity index (χ2v) is 1.59. The molecule has 30 valence electrons. The van der Waals surface area contributed by atoms with Crippen molar-refractivity contribution < 1.29 is 0 Å². The summed E-state index contributed by atoms with van der Waals surface area (Å²) in [5.41, 5.74) is 5.12. The number of rotatable bonds is 0. The standard InChI is InChI=1S/C3H2N2S/c4-3-5-1-2-6-3/h(H2,4,5). The van der Waals surface area contributed by atoms with Gasteiger partial charge in [-0.2, -0.15) is 4.98 Å². The van der Waals surface area contributed by atoms with Gasteiger partial charge in [-0.3, -0.25) is 0 Å². The zero-order valence-corrected chi connectivity index (χ0v) is 3.75. The molecule has 2 nitrogen and oxygen atoms in total. The maximum atomic E-state index is 5.12. The van der Waals surface area contributed by atoms with Crippen molar-refractivity contribution in [1.82, 2.24) is 4.98 Å². The number of nitrogens with zero attached hydrogens (tertiary/aromatic N) is 1. The average Bonchev–Trinajstić information content (AvgIpc) is 1.86. The summed E-state index contributed by atoms with van der Waals surface area (Å²) in [4.78, 5) is 3.53. The normalized spacial score (nSPS) is 7.33. The molecule has 0 aliphatic heterocycles. The molecule has 0 bridgehead atoms. The number of aromatic nitrogens is 1. The summed E-state index contributed by atoms with van der Waals surface area (Å²) in [5.74, 6) is 0. The minimum Gasteiger partial charge on any atom is -0.374 e. The van der Waals surface area contributed by atoms with Crippen molar-refractivity contribution in [2.75, 3.05) is 5.73 Å². The van der Waals surface area contributed by atoms with E-state index in [1.54, 1.807) is 0 Å². The smallest absolute Gasteiger partial charge is 0.197 e. The van der Waals surface area contributed by atoms with Crippen LogP contribution in [0.5, 0.6) is 0 Å². The van der Waals surface area contributed by atoms with Gasteiger partial charge in [0.1, 0.15) is 0 Å². The van der Waals surface area contributed by atoms with Crippen LogP contribution in [0.3, 0.4) is 0 Å². The monoisotopic (exact) mass is 98.0 g/mol. The van der Waals surface area contributed by atoms with Crippen molar-refractivity contribution in [3.05, 3.63) is 11.6 Å². The van der Waals surface area contributed by atoms with E-state index in [0.717, 1.165) is 0 Å². The number of nitrogen functional groups attached to an aromatic ring is 1. The van der Waals surface area contributed by atoms with Crippen LogP contribution in [-0.4, -0.2) is 4.98 Å². The Labute approximate surface area is 39.6 Å². The van der Waals surface area contributed by atoms with Crippen molar-refractivity contribution in [2.45, 2.75) is 0 Å². The molecular formula is C3H2N2S. The van der Waals surface area contributed by atoms with Crippen LogP contribution in [0.25, 0.3) is 0 Å². The highest BCUT2D eigenvalue weighted by Crippen LogP contribution is 1.96. The van der Waals surface area contributed by atoms with Gasteiger partial charge in [0.15, 0.2) is 5.13 Å². The Morgan fingerprint density at radius 2 is 2.67 bits per heavy atom. The van der Waals surface area contributed by atoms with E-state index >= 15 is 0 Å². The minimum atomic E-state index is 0.523. The number of anilines is 1. The molecule has 1 aromatic rings. The van der Waals surface area contributed by atoms with E-state index in [-0.39, 0.29) is 0 Å². The summed E-state index contributed by atoms with van der Waals surface area (Å²) >= 11 is 1.26. The first-order valence-electron chi connectivity index (χ1n) is 1.39. The van der Waals surface area contributed by atoms with Crippen molar-refractivity contribution in [2.24, 2.45) is 0 Å². The first-order chi connectivity index (χ1) is 2.89. The summed E-state index contributed by atoms with van der Waals surface area (Å²) in [6.45, 7) is 0. The van der Waals surface area contributed by atoms with Crippen molar-refractivity contribution in [3.8, 4) is 0 Å². The average molecular weight is 98.1 g/mol. The summed E-state index contributed by atoms with van der Waals surface area (Å²) < 4.78 is 0. The van der Waals surface area contributed by atoms with Crippen molar-refractivity contribution in [3.63, 3.8) is 0 Å². The molecule has 0 fully saturated rings. The molecule has 0 aliphatic carbocycles. The number of hydrogen-bond acceptors (Lipinski definition) is 3. The Hall–Kier alpha value is -0.750. The summed E-state index contributed by atoms with van der Waals surface area (Å²) in [7, 11) is 0. The van der Waals surface area contributed by atoms with E-state index in [1.165, 1.54) is 11.3 Å². The molecule has 0 aromatic carbocycles. The Kier molecular flexibility index (Phi) is 0.659. The van der Waals surface area contributed by atoms with E-state index < -0.39 is 0 Å². The first kappa shape index (κ1) is 3.44. The molecule has 0 spiro atoms. The topological polar surface area (TPSA) is 38.9 Å². The fourth-order valence-electron chi connectivity index (χ4n) is 0.176. The molecule has 0 amide bonds. The quantitative estimate of drug-likeness (QED) is 0.507. The van der Waals surface area contributed by atoms with E-state index in [9.17, 15) is 0 Å². The van der Waals surface area contributed by atoms with Crippen molar-refractivity contribution in [1.29, 1.82) is 0 Å². The van der Waals surface area contributed by atoms with Crippen LogP contribution < -0.4 is 5.73 Å². The first-order valence-corrected chi connectivity index (χ1v) is 2.21. The molecule has 0 atom stereocenters. The Morgan fingerprint density at radius 3 is 2.83 bits per heavy atom. The fourth-order valence-corrected chi connectivity index (χ4v) is 0.463. The third-order valence-corrected chi connectivity index (χ3v) is 0.861. The predicted molar refractivity (Wildman–Crippen MR) is 24.2 cm³/mol. The molecule has 0 radical (unpaired) electrons. The summed E-state index contributed by atoms with van der Waals surface area (Å²) in [6.07, 6.45) is 2.45. The molecule has 0 unspecified atom stereocenters. The van der Waals surface area contributed by atoms with E-state index in [4.69, 9.17) is 5.73 Å². The predicted octanol–water partition coefficient (Wildman–Crippen LogP) is 0.326. The van der Waals surface area contributed by atoms with Gasteiger partial charge in [-0.25, -0.2) is 0 Å². The molecule has 1 rings (SSSR count). The highest BCUT2D eigenvalue weighted by atomic mass is 32.1. The summed E-state index contributed by atoms with van der Waals surface area (Å²) in [5, 5.41) is 3.13. The lowest BCUT2D eigenvalue weighted by atomic mass is 11.2. The number of nitrogens with two attached hydrogens (primary N) is 1. The molecular weight excluding hydrogens is 96.1 g/mol. The largest absolute Gasteiger partial charge is 0.374 e. The third-order valence-electron chi connectivity index (χ3n) is 0.367. The zero-order valence-electron chi connectivity index (χ0n) is 2.93. The van der Waals surface area contributed by atoms with Gasteiger partial charge in [0.25, 0.3) is 0 Å². The maximum Gasteiger partial charge on any atom is 0.197 e. The second-order valence-electron chi connectivity index (χ2n) is 0.766. The van der Waals surface area contributed by atoms with Gasteiger partial charge in [0.2, 0.25) is 0 Å². The van der Waals surface area contributed by atoms with Gasteiger partial charge < -0.3 is 5.73 Å². The van der Waals surface area contributed by atoms with Crippen LogP contribution in [0.2, 0.25) is 0 Å². The van der Waals surface area contributed by atoms with Gasteiger partial charge in [-0.15, -0.1) is 0 Å². The molecule has 3 heteroatoms. The lowest BCUT2D eigenvalue weighted by Crippen LogP contribution is -1.77. The number of hydrogen-bond donors (Lipinski definition) is 1. The second kappa shape index (κ2) is 1.15. The van der Waals surface area contributed by atoms with Crippen LogP contribution in [0.1, 0.15) is 0 Å². The molecule has 6 heavy (non-hydrogen) atoms. The van der Waals surface area contributed by atoms with Gasteiger partial charge in [0, 0.05) is 5.38 Å². The molecule has 1 heterocycles. The van der Waals surface area contributed by atoms with E-state index in [0.29, 0.717) is 5.13 Å². The Bertz CT molecular complexity index is 112. The van der Waals surface area contributed by atoms with Crippen LogP contribution in [0, 0.1) is 11.6 Å². The van der Waals surface area contributed by atoms with Crippen LogP contribution >= 0.6 is 11.3 Å². The lowest BCUT2D eigenvalue weighted by Gasteiger charge is -1.65. The highest BCUT2D eigenvalue weighted by molar-refractivity contribution is 7.12. The third kappa shape index (κ3) is 0.421. The Morgan fingerprint density at radius 1 is 1.83 bits per heavy atom. The Balaban J connectivity index is 3.05. The molecule has 0 saturated carbocycles. The van der Waals surface area contributed by atoms with Crippen molar-refractivity contribution >= 4 is 16.5 Å². The fraction of sp³-hybridized carbons (Fsp3) is 0. The molecule has 2 N–H and O–H groups in total. The molecule has 1 aromatic heterocycles. The maximum absolute atomic E-state index is 5.12. The van der Waals surface area contributed by atoms with Gasteiger partial charge in [-0.05, 0) is 11.3 Å². The van der Waals surface area contributed by atoms with Crippen LogP contribution in [-0.2, 0) is 0 Å². The van der Waals surface area contributed by atoms with Crippen LogP contribution in [0.4, 0.5) is 5.13 Å². The highest BCUT2D eigenvalue weighted by Gasteiger charge is 1.74.